The standard InChI is InChI=1S/C17H20N4O5S/c1-12(2)20-9-15(18-11-20)27(24,25)19-14(13-6-4-3-5-7-13)8-21-16(22)10-26-17(21)23/h3-7,9,11-12,14,19H,8,10H2,1-2H3/t14-/m0/s1. The molecule has 0 radical (unpaired) electrons. The van der Waals surface area contributed by atoms with Gasteiger partial charge < -0.3 is 9.30 Å². The van der Waals surface area contributed by atoms with Crippen LogP contribution in [0, 0.1) is 0 Å². The minimum Gasteiger partial charge on any atom is -0.439 e. The average Bonchev–Trinajstić information content (AvgIpc) is 3.25. The number of amides is 2. The van der Waals surface area contributed by atoms with Gasteiger partial charge >= 0.3 is 6.09 Å². The smallest absolute Gasteiger partial charge is 0.417 e. The number of cyclic esters (lactones) is 1. The number of nitrogens with zero attached hydrogens (tertiary/aromatic N) is 3. The number of imidazole rings is 1. The number of benzene rings is 1. The maximum absolute atomic E-state index is 12.8. The molecule has 0 bridgehead atoms. The van der Waals surface area contributed by atoms with Crippen LogP contribution in [0.3, 0.4) is 0 Å². The summed E-state index contributed by atoms with van der Waals surface area (Å²) in [6.07, 6.45) is 2.09. The van der Waals surface area contributed by atoms with Gasteiger partial charge in [0.1, 0.15) is 0 Å². The molecule has 1 saturated heterocycles. The molecule has 27 heavy (non-hydrogen) atoms. The predicted octanol–water partition coefficient (Wildman–Crippen LogP) is 1.46. The number of hydrogen-bond acceptors (Lipinski definition) is 6. The van der Waals surface area contributed by atoms with Gasteiger partial charge in [0.05, 0.1) is 18.9 Å². The molecule has 1 N–H and O–H groups in total. The van der Waals surface area contributed by atoms with Gasteiger partial charge in [-0.05, 0) is 19.4 Å². The first-order valence-electron chi connectivity index (χ1n) is 8.36. The van der Waals surface area contributed by atoms with Gasteiger partial charge in [-0.2, -0.15) is 0 Å². The molecule has 9 nitrogen and oxygen atoms in total. The Morgan fingerprint density at radius 2 is 1.93 bits per heavy atom. The number of sulfonamides is 1. The largest absolute Gasteiger partial charge is 0.439 e. The summed E-state index contributed by atoms with van der Waals surface area (Å²) in [5.41, 5.74) is 0.608. The second-order valence-corrected chi connectivity index (χ2v) is 8.06. The van der Waals surface area contributed by atoms with Gasteiger partial charge in [0.2, 0.25) is 0 Å². The minimum absolute atomic E-state index is 0.0587. The number of imide groups is 1. The number of rotatable bonds is 7. The first kappa shape index (κ1) is 19.1. The Hall–Kier alpha value is -2.72. The summed E-state index contributed by atoms with van der Waals surface area (Å²) in [6.45, 7) is 3.30. The van der Waals surface area contributed by atoms with Crippen LogP contribution in [0.4, 0.5) is 4.79 Å². The molecule has 0 saturated carbocycles. The average molecular weight is 392 g/mol. The van der Waals surface area contributed by atoms with Crippen molar-refractivity contribution in [2.75, 3.05) is 13.2 Å². The molecule has 2 amide bonds. The summed E-state index contributed by atoms with van der Waals surface area (Å²) < 4.78 is 34.5. The number of carbonyl (C=O) groups is 2. The van der Waals surface area contributed by atoms with Crippen molar-refractivity contribution in [2.24, 2.45) is 0 Å². The third kappa shape index (κ3) is 4.17. The molecule has 1 fully saturated rings. The van der Waals surface area contributed by atoms with Crippen LogP contribution in [-0.2, 0) is 19.6 Å². The predicted molar refractivity (Wildman–Crippen MR) is 95.2 cm³/mol. The summed E-state index contributed by atoms with van der Waals surface area (Å²) in [5.74, 6) is -0.510. The molecule has 0 aliphatic carbocycles. The molecule has 0 spiro atoms. The first-order valence-corrected chi connectivity index (χ1v) is 9.84. The lowest BCUT2D eigenvalue weighted by atomic mass is 10.1. The van der Waals surface area contributed by atoms with Gasteiger partial charge in [0.15, 0.2) is 11.6 Å². The third-order valence-corrected chi connectivity index (χ3v) is 5.51. The normalized spacial score (nSPS) is 16.0. The fraction of sp³-hybridized carbons (Fsp3) is 0.353. The minimum atomic E-state index is -3.97. The molecule has 10 heteroatoms. The van der Waals surface area contributed by atoms with Gasteiger partial charge in [-0.1, -0.05) is 30.3 Å². The maximum Gasteiger partial charge on any atom is 0.417 e. The molecule has 0 unspecified atom stereocenters. The summed E-state index contributed by atoms with van der Waals surface area (Å²) >= 11 is 0. The van der Waals surface area contributed by atoms with E-state index in [1.54, 1.807) is 34.9 Å². The van der Waals surface area contributed by atoms with Crippen LogP contribution in [-0.4, -0.2) is 48.0 Å². The maximum atomic E-state index is 12.8. The zero-order valence-corrected chi connectivity index (χ0v) is 15.7. The molecular formula is C17H20N4O5S. The highest BCUT2D eigenvalue weighted by Crippen LogP contribution is 2.20. The molecule has 3 rings (SSSR count). The molecule has 1 atom stereocenters. The van der Waals surface area contributed by atoms with Crippen LogP contribution in [0.25, 0.3) is 0 Å². The topological polar surface area (TPSA) is 111 Å². The second kappa shape index (κ2) is 7.49. The number of ether oxygens (including phenoxy) is 1. The highest BCUT2D eigenvalue weighted by molar-refractivity contribution is 7.89. The molecule has 1 aliphatic heterocycles. The number of aromatic nitrogens is 2. The van der Waals surface area contributed by atoms with Crippen molar-refractivity contribution in [3.05, 3.63) is 48.4 Å². The van der Waals surface area contributed by atoms with E-state index in [1.807, 2.05) is 13.8 Å². The number of carbonyl (C=O) groups excluding carboxylic acids is 2. The van der Waals surface area contributed by atoms with Gasteiger partial charge in [-0.15, -0.1) is 0 Å². The van der Waals surface area contributed by atoms with E-state index in [1.165, 1.54) is 12.5 Å². The second-order valence-electron chi connectivity index (χ2n) is 6.40. The van der Waals surface area contributed by atoms with Gasteiger partial charge in [-0.3, -0.25) is 4.79 Å². The fourth-order valence-corrected chi connectivity index (χ4v) is 3.78. The van der Waals surface area contributed by atoms with E-state index in [4.69, 9.17) is 4.74 Å². The Kier molecular flexibility index (Phi) is 5.29. The Labute approximate surface area is 157 Å². The van der Waals surface area contributed by atoms with Gasteiger partial charge in [0.25, 0.3) is 15.9 Å². The van der Waals surface area contributed by atoms with Crippen molar-refractivity contribution >= 4 is 22.0 Å². The molecular weight excluding hydrogens is 372 g/mol. The van der Waals surface area contributed by atoms with Crippen LogP contribution < -0.4 is 4.72 Å². The van der Waals surface area contributed by atoms with Crippen LogP contribution in [0.15, 0.2) is 47.9 Å². The van der Waals surface area contributed by atoms with Crippen molar-refractivity contribution < 1.29 is 22.7 Å². The van der Waals surface area contributed by atoms with Crippen LogP contribution in [0.5, 0.6) is 0 Å². The van der Waals surface area contributed by atoms with Crippen molar-refractivity contribution in [3.63, 3.8) is 0 Å². The van der Waals surface area contributed by atoms with Crippen LogP contribution in [0.2, 0.25) is 0 Å². The lowest BCUT2D eigenvalue weighted by molar-refractivity contribution is -0.126. The summed E-state index contributed by atoms with van der Waals surface area (Å²) in [4.78, 5) is 28.5. The van der Waals surface area contributed by atoms with E-state index in [-0.39, 0.29) is 24.2 Å². The summed E-state index contributed by atoms with van der Waals surface area (Å²) in [7, 11) is -3.97. The molecule has 144 valence electrons. The molecule has 1 aliphatic rings. The van der Waals surface area contributed by atoms with Crippen molar-refractivity contribution in [1.29, 1.82) is 0 Å². The van der Waals surface area contributed by atoms with Gasteiger partial charge in [0, 0.05) is 12.2 Å². The summed E-state index contributed by atoms with van der Waals surface area (Å²) in [5, 5.41) is -0.132. The van der Waals surface area contributed by atoms with Crippen LogP contribution in [0.1, 0.15) is 31.5 Å². The lowest BCUT2D eigenvalue weighted by Gasteiger charge is -2.22. The van der Waals surface area contributed by atoms with E-state index >= 15 is 0 Å². The highest BCUT2D eigenvalue weighted by atomic mass is 32.2. The van der Waals surface area contributed by atoms with Crippen LogP contribution >= 0.6 is 0 Å². The SMILES string of the molecule is CC(C)n1cnc(S(=O)(=O)N[C@@H](CN2C(=O)COC2=O)c2ccccc2)c1. The highest BCUT2D eigenvalue weighted by Gasteiger charge is 2.35. The van der Waals surface area contributed by atoms with E-state index in [2.05, 4.69) is 9.71 Å². The van der Waals surface area contributed by atoms with E-state index in [9.17, 15) is 18.0 Å². The number of nitrogens with one attached hydrogen (secondary N) is 1. The Balaban J connectivity index is 1.88. The summed E-state index contributed by atoms with van der Waals surface area (Å²) in [6, 6.07) is 7.92. The number of hydrogen-bond donors (Lipinski definition) is 1. The molecule has 1 aromatic heterocycles. The quantitative estimate of drug-likeness (QED) is 0.764. The van der Waals surface area contributed by atoms with E-state index < -0.39 is 28.1 Å². The van der Waals surface area contributed by atoms with E-state index in [0.717, 1.165) is 4.90 Å². The van der Waals surface area contributed by atoms with Crippen molar-refractivity contribution in [2.45, 2.75) is 31.0 Å². The Bertz CT molecular complexity index is 923. The fourth-order valence-electron chi connectivity index (χ4n) is 2.62. The first-order chi connectivity index (χ1) is 12.8. The molecule has 2 heterocycles. The Morgan fingerprint density at radius 1 is 1.22 bits per heavy atom. The molecule has 2 aromatic rings. The molecule has 1 aromatic carbocycles. The van der Waals surface area contributed by atoms with Gasteiger partial charge in [-0.25, -0.2) is 27.8 Å². The van der Waals surface area contributed by atoms with Crippen molar-refractivity contribution in [3.8, 4) is 0 Å². The third-order valence-electron chi connectivity index (χ3n) is 4.15. The zero-order valence-electron chi connectivity index (χ0n) is 14.9. The zero-order chi connectivity index (χ0) is 19.6. The van der Waals surface area contributed by atoms with Crippen molar-refractivity contribution in [1.82, 2.24) is 19.2 Å². The monoisotopic (exact) mass is 392 g/mol. The Morgan fingerprint density at radius 3 is 2.48 bits per heavy atom. The van der Waals surface area contributed by atoms with E-state index in [0.29, 0.717) is 5.56 Å². The lowest BCUT2D eigenvalue weighted by Crippen LogP contribution is -2.40.